The minimum absolute atomic E-state index is 0.0145. The summed E-state index contributed by atoms with van der Waals surface area (Å²) >= 11 is 0. The van der Waals surface area contributed by atoms with E-state index < -0.39 is 5.97 Å². The first-order valence-electron chi connectivity index (χ1n) is 10.8. The van der Waals surface area contributed by atoms with E-state index in [1.165, 1.54) is 12.8 Å². The van der Waals surface area contributed by atoms with Gasteiger partial charge in [-0.05, 0) is 45.8 Å². The van der Waals surface area contributed by atoms with Gasteiger partial charge in [-0.1, -0.05) is 93.2 Å². The highest BCUT2D eigenvalue weighted by atomic mass is 16.4. The van der Waals surface area contributed by atoms with Crippen molar-refractivity contribution in [2.75, 3.05) is 0 Å². The molecule has 160 valence electrons. The number of hydrogen-bond acceptors (Lipinski definition) is 2. The van der Waals surface area contributed by atoms with Gasteiger partial charge >= 0.3 is 5.97 Å². The van der Waals surface area contributed by atoms with Crippen molar-refractivity contribution in [3.05, 3.63) is 28.8 Å². The molecule has 1 rings (SSSR count). The average molecular weight is 391 g/mol. The highest BCUT2D eigenvalue weighted by Gasteiger charge is 2.28. The van der Waals surface area contributed by atoms with Crippen molar-refractivity contribution in [1.29, 1.82) is 0 Å². The number of carboxylic acids is 1. The molecule has 1 unspecified atom stereocenters. The summed E-state index contributed by atoms with van der Waals surface area (Å²) in [4.78, 5) is 11.5. The van der Waals surface area contributed by atoms with Crippen LogP contribution in [0, 0.1) is 5.92 Å². The lowest BCUT2D eigenvalue weighted by Crippen LogP contribution is -2.19. The molecule has 0 fully saturated rings. The Labute approximate surface area is 172 Å². The molecular weight excluding hydrogens is 348 g/mol. The SMILES string of the molecule is CC(C)CCCCCC(CC(=O)O)c1cc(C(C)(C)C)c(O)c(C(C)(C)C)c1. The van der Waals surface area contributed by atoms with Crippen LogP contribution in [0.25, 0.3) is 0 Å². The van der Waals surface area contributed by atoms with E-state index in [0.717, 1.165) is 41.9 Å². The van der Waals surface area contributed by atoms with Gasteiger partial charge < -0.3 is 10.2 Å². The Morgan fingerprint density at radius 3 is 1.75 bits per heavy atom. The van der Waals surface area contributed by atoms with Crippen molar-refractivity contribution < 1.29 is 15.0 Å². The second kappa shape index (κ2) is 9.80. The van der Waals surface area contributed by atoms with Crippen LogP contribution < -0.4 is 0 Å². The van der Waals surface area contributed by atoms with Crippen LogP contribution in [0.5, 0.6) is 5.75 Å². The molecule has 2 N–H and O–H groups in total. The number of phenolic OH excluding ortho intramolecular Hbond substituents is 1. The number of hydrogen-bond donors (Lipinski definition) is 2. The van der Waals surface area contributed by atoms with Crippen molar-refractivity contribution >= 4 is 5.97 Å². The molecule has 0 aliphatic carbocycles. The van der Waals surface area contributed by atoms with E-state index in [-0.39, 0.29) is 23.2 Å². The molecule has 0 radical (unpaired) electrons. The van der Waals surface area contributed by atoms with Crippen molar-refractivity contribution in [2.45, 2.75) is 111 Å². The minimum atomic E-state index is -0.755. The first kappa shape index (κ1) is 24.5. The highest BCUT2D eigenvalue weighted by molar-refractivity contribution is 5.68. The molecule has 0 spiro atoms. The summed E-state index contributed by atoms with van der Waals surface area (Å²) in [7, 11) is 0. The Kier molecular flexibility index (Phi) is 8.59. The third-order valence-corrected chi connectivity index (χ3v) is 5.47. The Hall–Kier alpha value is -1.51. The maximum absolute atomic E-state index is 11.5. The molecule has 28 heavy (non-hydrogen) atoms. The molecule has 0 heterocycles. The summed E-state index contributed by atoms with van der Waals surface area (Å²) in [5.41, 5.74) is 2.46. The zero-order valence-corrected chi connectivity index (χ0v) is 19.4. The van der Waals surface area contributed by atoms with E-state index in [1.807, 2.05) is 12.1 Å². The number of carbonyl (C=O) groups is 1. The van der Waals surface area contributed by atoms with E-state index in [2.05, 4.69) is 55.4 Å². The average Bonchev–Trinajstić information content (AvgIpc) is 2.50. The van der Waals surface area contributed by atoms with Gasteiger partial charge in [0.1, 0.15) is 5.75 Å². The molecule has 0 aliphatic rings. The normalized spacial score (nSPS) is 13.8. The maximum atomic E-state index is 11.5. The molecule has 1 aromatic carbocycles. The topological polar surface area (TPSA) is 57.5 Å². The number of benzene rings is 1. The minimum Gasteiger partial charge on any atom is -0.507 e. The molecule has 1 aromatic rings. The molecule has 0 amide bonds. The smallest absolute Gasteiger partial charge is 0.303 e. The van der Waals surface area contributed by atoms with E-state index in [4.69, 9.17) is 0 Å². The Balaban J connectivity index is 3.22. The summed E-state index contributed by atoms with van der Waals surface area (Å²) in [5, 5.41) is 20.4. The van der Waals surface area contributed by atoms with Crippen LogP contribution in [-0.2, 0) is 15.6 Å². The summed E-state index contributed by atoms with van der Waals surface area (Å²) in [6.45, 7) is 17.0. The summed E-state index contributed by atoms with van der Waals surface area (Å²) in [6, 6.07) is 4.10. The van der Waals surface area contributed by atoms with Crippen LogP contribution >= 0.6 is 0 Å². The summed E-state index contributed by atoms with van der Waals surface area (Å²) < 4.78 is 0. The van der Waals surface area contributed by atoms with Crippen LogP contribution in [-0.4, -0.2) is 16.2 Å². The van der Waals surface area contributed by atoms with Gasteiger partial charge in [0.2, 0.25) is 0 Å². The van der Waals surface area contributed by atoms with Gasteiger partial charge in [-0.15, -0.1) is 0 Å². The van der Waals surface area contributed by atoms with Gasteiger partial charge in [0, 0.05) is 0 Å². The molecule has 3 heteroatoms. The molecule has 3 nitrogen and oxygen atoms in total. The fourth-order valence-electron chi connectivity index (χ4n) is 3.75. The third-order valence-electron chi connectivity index (χ3n) is 5.47. The van der Waals surface area contributed by atoms with Gasteiger partial charge in [-0.25, -0.2) is 0 Å². The number of unbranched alkanes of at least 4 members (excludes halogenated alkanes) is 2. The molecule has 0 saturated heterocycles. The fourth-order valence-corrected chi connectivity index (χ4v) is 3.75. The second-order valence-corrected chi connectivity index (χ2v) is 10.8. The molecule has 0 aliphatic heterocycles. The standard InChI is InChI=1S/C25H42O3/c1-17(2)12-10-9-11-13-18(16-22(26)27)19-14-20(24(3,4)5)23(28)21(15-19)25(6,7)8/h14-15,17-18,28H,9-13,16H2,1-8H3,(H,26,27). The molecule has 0 saturated carbocycles. The number of phenols is 1. The number of aromatic hydroxyl groups is 1. The second-order valence-electron chi connectivity index (χ2n) is 10.8. The number of aliphatic carboxylic acids is 1. The Bertz CT molecular complexity index is 610. The predicted molar refractivity (Wildman–Crippen MR) is 118 cm³/mol. The van der Waals surface area contributed by atoms with Crippen LogP contribution in [0.15, 0.2) is 12.1 Å². The van der Waals surface area contributed by atoms with Gasteiger partial charge in [0.15, 0.2) is 0 Å². The van der Waals surface area contributed by atoms with Crippen LogP contribution in [0.3, 0.4) is 0 Å². The molecular formula is C25H42O3. The fraction of sp³-hybridized carbons (Fsp3) is 0.720. The summed E-state index contributed by atoms with van der Waals surface area (Å²) in [5.74, 6) is 0.305. The highest BCUT2D eigenvalue weighted by Crippen LogP contribution is 2.42. The largest absolute Gasteiger partial charge is 0.507 e. The first-order valence-corrected chi connectivity index (χ1v) is 10.8. The Morgan fingerprint density at radius 1 is 0.893 bits per heavy atom. The van der Waals surface area contributed by atoms with Crippen LogP contribution in [0.4, 0.5) is 0 Å². The van der Waals surface area contributed by atoms with E-state index >= 15 is 0 Å². The van der Waals surface area contributed by atoms with Crippen molar-refractivity contribution in [3.63, 3.8) is 0 Å². The molecule has 0 bridgehead atoms. The van der Waals surface area contributed by atoms with Gasteiger partial charge in [-0.2, -0.15) is 0 Å². The first-order chi connectivity index (χ1) is 12.7. The van der Waals surface area contributed by atoms with Gasteiger partial charge in [0.05, 0.1) is 6.42 Å². The predicted octanol–water partition coefficient (Wildman–Crippen LogP) is 7.15. The van der Waals surface area contributed by atoms with Crippen molar-refractivity contribution in [2.24, 2.45) is 5.92 Å². The maximum Gasteiger partial charge on any atom is 0.303 e. The lowest BCUT2D eigenvalue weighted by atomic mass is 9.76. The van der Waals surface area contributed by atoms with E-state index in [9.17, 15) is 15.0 Å². The van der Waals surface area contributed by atoms with Gasteiger partial charge in [-0.3, -0.25) is 4.79 Å². The zero-order valence-electron chi connectivity index (χ0n) is 19.4. The Morgan fingerprint density at radius 2 is 1.36 bits per heavy atom. The molecule has 1 atom stereocenters. The van der Waals surface area contributed by atoms with E-state index in [0.29, 0.717) is 5.75 Å². The summed E-state index contributed by atoms with van der Waals surface area (Å²) in [6.07, 6.45) is 5.63. The monoisotopic (exact) mass is 390 g/mol. The van der Waals surface area contributed by atoms with Gasteiger partial charge in [0.25, 0.3) is 0 Å². The number of rotatable bonds is 9. The van der Waals surface area contributed by atoms with Crippen LogP contribution in [0.1, 0.15) is 117 Å². The molecule has 0 aromatic heterocycles. The van der Waals surface area contributed by atoms with Crippen molar-refractivity contribution in [1.82, 2.24) is 0 Å². The third kappa shape index (κ3) is 7.48. The quantitative estimate of drug-likeness (QED) is 0.440. The van der Waals surface area contributed by atoms with E-state index in [1.54, 1.807) is 0 Å². The number of carboxylic acid groups (broad SMARTS) is 1. The lowest BCUT2D eigenvalue weighted by Gasteiger charge is -2.30. The lowest BCUT2D eigenvalue weighted by molar-refractivity contribution is -0.137. The van der Waals surface area contributed by atoms with Crippen molar-refractivity contribution in [3.8, 4) is 5.75 Å². The zero-order chi connectivity index (χ0) is 21.7. The van der Waals surface area contributed by atoms with Crippen LogP contribution in [0.2, 0.25) is 0 Å².